The largest absolute Gasteiger partial charge is 0.478 e. The molecule has 8 nitrogen and oxygen atoms in total. The van der Waals surface area contributed by atoms with Gasteiger partial charge in [-0.25, -0.2) is 14.6 Å². The van der Waals surface area contributed by atoms with E-state index in [9.17, 15) is 9.59 Å². The highest BCUT2D eigenvalue weighted by Crippen LogP contribution is 2.22. The number of nitrogens with one attached hydrogen (secondary N) is 1. The van der Waals surface area contributed by atoms with Crippen molar-refractivity contribution in [3.8, 4) is 0 Å². The van der Waals surface area contributed by atoms with Crippen LogP contribution in [0.4, 0.5) is 10.6 Å². The van der Waals surface area contributed by atoms with Crippen LogP contribution in [0.5, 0.6) is 0 Å². The summed E-state index contributed by atoms with van der Waals surface area (Å²) >= 11 is 0. The first-order valence-corrected chi connectivity index (χ1v) is 8.38. The zero-order valence-corrected chi connectivity index (χ0v) is 15.2. The summed E-state index contributed by atoms with van der Waals surface area (Å²) < 4.78 is 5.33. The quantitative estimate of drug-likeness (QED) is 0.727. The highest BCUT2D eigenvalue weighted by Gasteiger charge is 2.23. The molecule has 1 aromatic rings. The van der Waals surface area contributed by atoms with Crippen LogP contribution in [-0.4, -0.2) is 71.3 Å². The summed E-state index contributed by atoms with van der Waals surface area (Å²) in [5, 5.41) is 11.5. The fourth-order valence-electron chi connectivity index (χ4n) is 2.97. The number of halogens is 1. The first-order valence-electron chi connectivity index (χ1n) is 8.38. The number of amides is 2. The minimum absolute atomic E-state index is 0. The summed E-state index contributed by atoms with van der Waals surface area (Å²) in [5.41, 5.74) is 1.59. The molecule has 0 bridgehead atoms. The van der Waals surface area contributed by atoms with Crippen molar-refractivity contribution in [1.82, 2.24) is 14.8 Å². The Morgan fingerprint density at radius 3 is 2.85 bits per heavy atom. The lowest BCUT2D eigenvalue weighted by Crippen LogP contribution is -2.42. The van der Waals surface area contributed by atoms with E-state index < -0.39 is 5.97 Å². The molecule has 26 heavy (non-hydrogen) atoms. The SMILES string of the molecule is Cl.O=C(O)/C=C/c1cnc2c(c1)CN(CCCN1CCOCC1)C(=O)N2. The van der Waals surface area contributed by atoms with Crippen molar-refractivity contribution < 1.29 is 19.4 Å². The van der Waals surface area contributed by atoms with Gasteiger partial charge in [-0.3, -0.25) is 10.2 Å². The van der Waals surface area contributed by atoms with Crippen LogP contribution in [0.1, 0.15) is 17.5 Å². The molecule has 1 fully saturated rings. The molecule has 0 aromatic carbocycles. The van der Waals surface area contributed by atoms with Gasteiger partial charge in [0.2, 0.25) is 0 Å². The van der Waals surface area contributed by atoms with E-state index in [0.29, 0.717) is 24.5 Å². The molecule has 0 radical (unpaired) electrons. The van der Waals surface area contributed by atoms with Crippen LogP contribution in [0.15, 0.2) is 18.3 Å². The van der Waals surface area contributed by atoms with E-state index in [2.05, 4.69) is 15.2 Å². The average Bonchev–Trinajstić information content (AvgIpc) is 2.61. The predicted octanol–water partition coefficient (Wildman–Crippen LogP) is 1.67. The second-order valence-electron chi connectivity index (χ2n) is 6.11. The number of hydrogen-bond acceptors (Lipinski definition) is 5. The molecule has 0 spiro atoms. The Kier molecular flexibility index (Phi) is 7.38. The molecular formula is C17H23ClN4O4. The number of urea groups is 1. The van der Waals surface area contributed by atoms with Crippen molar-refractivity contribution in [2.45, 2.75) is 13.0 Å². The number of carbonyl (C=O) groups excluding carboxylic acids is 1. The number of fused-ring (bicyclic) bond motifs is 1. The van der Waals surface area contributed by atoms with Crippen molar-refractivity contribution in [3.05, 3.63) is 29.5 Å². The van der Waals surface area contributed by atoms with Crippen molar-refractivity contribution in [2.75, 3.05) is 44.7 Å². The molecule has 0 aliphatic carbocycles. The van der Waals surface area contributed by atoms with Crippen molar-refractivity contribution in [1.29, 1.82) is 0 Å². The van der Waals surface area contributed by atoms with E-state index in [-0.39, 0.29) is 18.4 Å². The fourth-order valence-corrected chi connectivity index (χ4v) is 2.97. The fraction of sp³-hybridized carbons (Fsp3) is 0.471. The van der Waals surface area contributed by atoms with Gasteiger partial charge in [-0.1, -0.05) is 0 Å². The predicted molar refractivity (Wildman–Crippen MR) is 99.5 cm³/mol. The third-order valence-corrected chi connectivity index (χ3v) is 4.29. The number of carboxylic acid groups (broad SMARTS) is 1. The Morgan fingerprint density at radius 2 is 2.12 bits per heavy atom. The Labute approximate surface area is 158 Å². The maximum atomic E-state index is 12.2. The standard InChI is InChI=1S/C17H22N4O4.ClH/c22-15(23)3-2-13-10-14-12-21(17(24)19-16(14)18-11-13)5-1-4-20-6-8-25-9-7-20;/h2-3,10-11H,1,4-9,12H2,(H,22,23)(H,18,19,24);1H/b3-2+;. The molecule has 1 saturated heterocycles. The topological polar surface area (TPSA) is 95.0 Å². The second-order valence-corrected chi connectivity index (χ2v) is 6.11. The maximum Gasteiger partial charge on any atom is 0.328 e. The number of morpholine rings is 1. The number of aliphatic carboxylic acids is 1. The molecule has 142 valence electrons. The Hall–Kier alpha value is -2.16. The van der Waals surface area contributed by atoms with Gasteiger partial charge >= 0.3 is 12.0 Å². The summed E-state index contributed by atoms with van der Waals surface area (Å²) in [5.74, 6) is -0.460. The highest BCUT2D eigenvalue weighted by atomic mass is 35.5. The van der Waals surface area contributed by atoms with Gasteiger partial charge in [0.15, 0.2) is 0 Å². The minimum atomic E-state index is -1.00. The zero-order valence-electron chi connectivity index (χ0n) is 14.4. The number of aromatic nitrogens is 1. The number of rotatable bonds is 6. The van der Waals surface area contributed by atoms with Crippen LogP contribution in [0.2, 0.25) is 0 Å². The molecule has 2 aliphatic heterocycles. The smallest absolute Gasteiger partial charge is 0.328 e. The normalized spacial score (nSPS) is 17.5. The van der Waals surface area contributed by atoms with Crippen LogP contribution in [0.3, 0.4) is 0 Å². The van der Waals surface area contributed by atoms with Gasteiger partial charge in [0, 0.05) is 44.0 Å². The number of carbonyl (C=O) groups is 2. The lowest BCUT2D eigenvalue weighted by molar-refractivity contribution is -0.131. The van der Waals surface area contributed by atoms with E-state index >= 15 is 0 Å². The zero-order chi connectivity index (χ0) is 17.6. The first-order chi connectivity index (χ1) is 12.1. The lowest BCUT2D eigenvalue weighted by Gasteiger charge is -2.31. The maximum absolute atomic E-state index is 12.2. The third-order valence-electron chi connectivity index (χ3n) is 4.29. The van der Waals surface area contributed by atoms with Crippen LogP contribution in [-0.2, 0) is 16.1 Å². The molecule has 0 saturated carbocycles. The molecule has 3 heterocycles. The Balaban J connectivity index is 0.00000243. The Morgan fingerprint density at radius 1 is 1.35 bits per heavy atom. The number of ether oxygens (including phenoxy) is 1. The molecule has 0 unspecified atom stereocenters. The number of nitrogens with zero attached hydrogens (tertiary/aromatic N) is 3. The summed E-state index contributed by atoms with van der Waals surface area (Å²) in [6, 6.07) is 1.71. The third kappa shape index (κ3) is 5.42. The summed E-state index contributed by atoms with van der Waals surface area (Å²) in [6.45, 7) is 5.52. The first kappa shape index (κ1) is 20.2. The molecule has 9 heteroatoms. The van der Waals surface area contributed by atoms with Gasteiger partial charge < -0.3 is 14.7 Å². The monoisotopic (exact) mass is 382 g/mol. The number of hydrogen-bond donors (Lipinski definition) is 2. The van der Waals surface area contributed by atoms with Crippen molar-refractivity contribution in [2.24, 2.45) is 0 Å². The summed E-state index contributed by atoms with van der Waals surface area (Å²) in [7, 11) is 0. The van der Waals surface area contributed by atoms with Gasteiger partial charge in [0.05, 0.1) is 19.8 Å². The van der Waals surface area contributed by atoms with E-state index in [0.717, 1.165) is 50.9 Å². The number of carboxylic acids is 1. The molecule has 2 amide bonds. The summed E-state index contributed by atoms with van der Waals surface area (Å²) in [4.78, 5) is 31.1. The second kappa shape index (κ2) is 9.51. The molecule has 2 N–H and O–H groups in total. The van der Waals surface area contributed by atoms with Gasteiger partial charge in [0.1, 0.15) is 5.82 Å². The van der Waals surface area contributed by atoms with E-state index in [1.165, 1.54) is 6.08 Å². The number of pyridine rings is 1. The van der Waals surface area contributed by atoms with E-state index in [1.807, 2.05) is 6.07 Å². The minimum Gasteiger partial charge on any atom is -0.478 e. The van der Waals surface area contributed by atoms with Crippen LogP contribution < -0.4 is 5.32 Å². The van der Waals surface area contributed by atoms with E-state index in [4.69, 9.17) is 9.84 Å². The molecule has 0 atom stereocenters. The molecule has 3 rings (SSSR count). The highest BCUT2D eigenvalue weighted by molar-refractivity contribution is 5.91. The molecule has 2 aliphatic rings. The van der Waals surface area contributed by atoms with Gasteiger partial charge in [-0.15, -0.1) is 12.4 Å². The molecule has 1 aromatic heterocycles. The van der Waals surface area contributed by atoms with Gasteiger partial charge in [-0.05, 0) is 24.1 Å². The van der Waals surface area contributed by atoms with Crippen molar-refractivity contribution >= 4 is 36.3 Å². The summed E-state index contributed by atoms with van der Waals surface area (Å²) in [6.07, 6.45) is 5.02. The van der Waals surface area contributed by atoms with Crippen LogP contribution >= 0.6 is 12.4 Å². The average molecular weight is 383 g/mol. The van der Waals surface area contributed by atoms with Crippen molar-refractivity contribution in [3.63, 3.8) is 0 Å². The van der Waals surface area contributed by atoms with Crippen LogP contribution in [0.25, 0.3) is 6.08 Å². The number of anilines is 1. The van der Waals surface area contributed by atoms with Gasteiger partial charge in [0.25, 0.3) is 0 Å². The van der Waals surface area contributed by atoms with Gasteiger partial charge in [-0.2, -0.15) is 0 Å². The van der Waals surface area contributed by atoms with E-state index in [1.54, 1.807) is 11.1 Å². The van der Waals surface area contributed by atoms with Crippen LogP contribution in [0, 0.1) is 0 Å². The Bertz CT molecular complexity index is 677. The molecular weight excluding hydrogens is 360 g/mol. The lowest BCUT2D eigenvalue weighted by atomic mass is 10.1.